The first-order valence-corrected chi connectivity index (χ1v) is 5.74. The molecule has 0 saturated carbocycles. The van der Waals surface area contributed by atoms with Gasteiger partial charge in [0.2, 0.25) is 0 Å². The molecule has 0 spiro atoms. The van der Waals surface area contributed by atoms with Crippen molar-refractivity contribution in [3.8, 4) is 11.8 Å². The molecule has 0 saturated heterocycles. The average molecular weight is 228 g/mol. The van der Waals surface area contributed by atoms with Gasteiger partial charge < -0.3 is 10.1 Å². The Hall–Kier alpha value is -1.63. The minimum absolute atomic E-state index is 0.445. The normalized spacial score (nSPS) is 14.8. The third-order valence-corrected chi connectivity index (χ3v) is 2.63. The van der Waals surface area contributed by atoms with Gasteiger partial charge in [-0.15, -0.1) is 0 Å². The number of ether oxygens (including phenoxy) is 1. The molecule has 0 unspecified atom stereocenters. The van der Waals surface area contributed by atoms with Crippen LogP contribution in [0.15, 0.2) is 24.4 Å². The molecular weight excluding hydrogens is 212 g/mol. The lowest BCUT2D eigenvalue weighted by Crippen LogP contribution is -2.20. The lowest BCUT2D eigenvalue weighted by Gasteiger charge is -2.13. The highest BCUT2D eigenvalue weighted by Crippen LogP contribution is 2.18. The van der Waals surface area contributed by atoms with Gasteiger partial charge in [-0.05, 0) is 36.1 Å². The van der Waals surface area contributed by atoms with E-state index in [4.69, 9.17) is 4.74 Å². The third-order valence-electron chi connectivity index (χ3n) is 2.63. The summed E-state index contributed by atoms with van der Waals surface area (Å²) < 4.78 is 4.87. The Morgan fingerprint density at radius 1 is 1.47 bits per heavy atom. The summed E-state index contributed by atoms with van der Waals surface area (Å²) in [7, 11) is 1.63. The van der Waals surface area contributed by atoms with Gasteiger partial charge in [-0.2, -0.15) is 0 Å². The van der Waals surface area contributed by atoms with E-state index in [-0.39, 0.29) is 0 Å². The molecule has 3 heteroatoms. The Balaban J connectivity index is 2.08. The van der Waals surface area contributed by atoms with Crippen LogP contribution >= 0.6 is 0 Å². The molecule has 3 nitrogen and oxygen atoms in total. The van der Waals surface area contributed by atoms with Crippen LogP contribution in [0, 0.1) is 11.8 Å². The summed E-state index contributed by atoms with van der Waals surface area (Å²) in [6, 6.07) is 4.04. The van der Waals surface area contributed by atoms with E-state index in [1.165, 1.54) is 11.1 Å². The van der Waals surface area contributed by atoms with Crippen LogP contribution in [-0.2, 0) is 4.74 Å². The molecule has 0 aromatic carbocycles. The van der Waals surface area contributed by atoms with Gasteiger partial charge in [0.25, 0.3) is 0 Å². The molecule has 1 aliphatic heterocycles. The molecule has 0 radical (unpaired) electrons. The molecule has 2 rings (SSSR count). The molecule has 1 aromatic rings. The van der Waals surface area contributed by atoms with Crippen molar-refractivity contribution >= 4 is 5.57 Å². The van der Waals surface area contributed by atoms with E-state index in [9.17, 15) is 0 Å². The molecule has 1 aromatic heterocycles. The quantitative estimate of drug-likeness (QED) is 0.778. The maximum atomic E-state index is 4.87. The van der Waals surface area contributed by atoms with Gasteiger partial charge in [0.05, 0.1) is 0 Å². The fourth-order valence-corrected chi connectivity index (χ4v) is 1.74. The summed E-state index contributed by atoms with van der Waals surface area (Å²) in [5.74, 6) is 5.85. The first-order chi connectivity index (χ1) is 8.40. The minimum atomic E-state index is 0.445. The smallest absolute Gasteiger partial charge is 0.113 e. The van der Waals surface area contributed by atoms with Crippen molar-refractivity contribution < 1.29 is 4.74 Å². The van der Waals surface area contributed by atoms with E-state index in [0.29, 0.717) is 6.61 Å². The number of pyridine rings is 1. The number of aromatic nitrogens is 1. The van der Waals surface area contributed by atoms with E-state index < -0.39 is 0 Å². The number of nitrogens with one attached hydrogen (secondary N) is 1. The summed E-state index contributed by atoms with van der Waals surface area (Å²) in [5.41, 5.74) is 3.36. The second-order valence-corrected chi connectivity index (χ2v) is 3.85. The molecule has 1 N–H and O–H groups in total. The number of nitrogens with zero attached hydrogens (tertiary/aromatic N) is 1. The van der Waals surface area contributed by atoms with Crippen molar-refractivity contribution in [3.63, 3.8) is 0 Å². The fourth-order valence-electron chi connectivity index (χ4n) is 1.74. The van der Waals surface area contributed by atoms with E-state index in [1.54, 1.807) is 7.11 Å². The van der Waals surface area contributed by atoms with E-state index in [2.05, 4.69) is 34.3 Å². The van der Waals surface area contributed by atoms with E-state index in [0.717, 1.165) is 25.2 Å². The van der Waals surface area contributed by atoms with Crippen LogP contribution in [0.1, 0.15) is 17.7 Å². The summed E-state index contributed by atoms with van der Waals surface area (Å²) >= 11 is 0. The van der Waals surface area contributed by atoms with Crippen molar-refractivity contribution in [2.75, 3.05) is 26.8 Å². The van der Waals surface area contributed by atoms with Crippen molar-refractivity contribution in [1.82, 2.24) is 10.3 Å². The van der Waals surface area contributed by atoms with Crippen molar-refractivity contribution in [2.24, 2.45) is 0 Å². The van der Waals surface area contributed by atoms with Gasteiger partial charge >= 0.3 is 0 Å². The van der Waals surface area contributed by atoms with Gasteiger partial charge in [0.15, 0.2) is 0 Å². The SMILES string of the molecule is COCC#Cc1ccc(C2=CCNCC2)cn1. The molecule has 0 aliphatic carbocycles. The van der Waals surface area contributed by atoms with E-state index >= 15 is 0 Å². The molecule has 88 valence electrons. The Morgan fingerprint density at radius 3 is 3.06 bits per heavy atom. The van der Waals surface area contributed by atoms with E-state index in [1.807, 2.05) is 12.3 Å². The first-order valence-electron chi connectivity index (χ1n) is 5.74. The zero-order chi connectivity index (χ0) is 11.9. The summed E-state index contributed by atoms with van der Waals surface area (Å²) in [5, 5.41) is 3.30. The van der Waals surface area contributed by atoms with Gasteiger partial charge in [-0.1, -0.05) is 18.1 Å². The zero-order valence-electron chi connectivity index (χ0n) is 9.99. The van der Waals surface area contributed by atoms with Gasteiger partial charge in [-0.25, -0.2) is 4.98 Å². The van der Waals surface area contributed by atoms with Crippen LogP contribution in [0.4, 0.5) is 0 Å². The number of hydrogen-bond donors (Lipinski definition) is 1. The topological polar surface area (TPSA) is 34.1 Å². The highest BCUT2D eigenvalue weighted by molar-refractivity contribution is 5.66. The standard InChI is InChI=1S/C14H16N2O/c1-17-10-2-3-14-5-4-13(11-16-14)12-6-8-15-9-7-12/h4-6,11,15H,7-10H2,1H3. The van der Waals surface area contributed by atoms with Gasteiger partial charge in [-0.3, -0.25) is 0 Å². The number of rotatable bonds is 2. The molecule has 0 fully saturated rings. The predicted octanol–water partition coefficient (Wildman–Crippen LogP) is 1.46. The molecular formula is C14H16N2O. The Morgan fingerprint density at radius 2 is 2.41 bits per heavy atom. The Labute approximate surface area is 102 Å². The number of hydrogen-bond acceptors (Lipinski definition) is 3. The van der Waals surface area contributed by atoms with Crippen LogP contribution in [0.2, 0.25) is 0 Å². The lowest BCUT2D eigenvalue weighted by atomic mass is 10.0. The minimum Gasteiger partial charge on any atom is -0.372 e. The second-order valence-electron chi connectivity index (χ2n) is 3.85. The molecule has 0 amide bonds. The second kappa shape index (κ2) is 6.19. The highest BCUT2D eigenvalue weighted by Gasteiger charge is 2.05. The van der Waals surface area contributed by atoms with Crippen molar-refractivity contribution in [1.29, 1.82) is 0 Å². The molecule has 17 heavy (non-hydrogen) atoms. The van der Waals surface area contributed by atoms with Crippen LogP contribution in [0.3, 0.4) is 0 Å². The van der Waals surface area contributed by atoms with Gasteiger partial charge in [0.1, 0.15) is 12.3 Å². The maximum absolute atomic E-state index is 4.87. The van der Waals surface area contributed by atoms with Crippen LogP contribution < -0.4 is 5.32 Å². The molecule has 1 aliphatic rings. The highest BCUT2D eigenvalue weighted by atomic mass is 16.5. The monoisotopic (exact) mass is 228 g/mol. The van der Waals surface area contributed by atoms with Crippen molar-refractivity contribution in [3.05, 3.63) is 35.7 Å². The Kier molecular flexibility index (Phi) is 4.31. The van der Waals surface area contributed by atoms with Gasteiger partial charge in [0, 0.05) is 19.9 Å². The largest absolute Gasteiger partial charge is 0.372 e. The average Bonchev–Trinajstić information content (AvgIpc) is 2.41. The van der Waals surface area contributed by atoms with Crippen LogP contribution in [0.5, 0.6) is 0 Å². The zero-order valence-corrected chi connectivity index (χ0v) is 9.99. The summed E-state index contributed by atoms with van der Waals surface area (Å²) in [4.78, 5) is 4.34. The molecule has 0 bridgehead atoms. The van der Waals surface area contributed by atoms with Crippen molar-refractivity contribution in [2.45, 2.75) is 6.42 Å². The fraction of sp³-hybridized carbons (Fsp3) is 0.357. The van der Waals surface area contributed by atoms with Crippen LogP contribution in [0.25, 0.3) is 5.57 Å². The first kappa shape index (κ1) is 11.8. The number of methoxy groups -OCH3 is 1. The third kappa shape index (κ3) is 3.42. The summed E-state index contributed by atoms with van der Waals surface area (Å²) in [6.45, 7) is 2.44. The lowest BCUT2D eigenvalue weighted by molar-refractivity contribution is 0.240. The Bertz CT molecular complexity index is 451. The maximum Gasteiger partial charge on any atom is 0.113 e. The predicted molar refractivity (Wildman–Crippen MR) is 68.5 cm³/mol. The van der Waals surface area contributed by atoms with Crippen LogP contribution in [-0.4, -0.2) is 31.8 Å². The molecule has 0 atom stereocenters. The molecule has 2 heterocycles. The summed E-state index contributed by atoms with van der Waals surface area (Å²) in [6.07, 6.45) is 5.18.